The monoisotopic (exact) mass is 207 g/mol. The average Bonchev–Trinajstić information content (AvgIpc) is 2.76. The molecule has 14 heavy (non-hydrogen) atoms. The fraction of sp³-hybridized carbons (Fsp3) is 0.300. The van der Waals surface area contributed by atoms with Crippen molar-refractivity contribution in [1.82, 2.24) is 15.1 Å². The maximum Gasteiger partial charge on any atom is 0.103 e. The van der Waals surface area contributed by atoms with Crippen LogP contribution in [0.1, 0.15) is 5.69 Å². The Kier molecular flexibility index (Phi) is 2.65. The van der Waals surface area contributed by atoms with Gasteiger partial charge in [0.1, 0.15) is 5.69 Å². The van der Waals surface area contributed by atoms with Gasteiger partial charge < -0.3 is 5.32 Å². The highest BCUT2D eigenvalue weighted by molar-refractivity contribution is 7.13. The minimum Gasteiger partial charge on any atom is -0.314 e. The van der Waals surface area contributed by atoms with E-state index in [2.05, 4.69) is 27.9 Å². The van der Waals surface area contributed by atoms with Gasteiger partial charge >= 0.3 is 0 Å². The highest BCUT2D eigenvalue weighted by atomic mass is 32.1. The van der Waals surface area contributed by atoms with Gasteiger partial charge in [0, 0.05) is 13.6 Å². The van der Waals surface area contributed by atoms with Crippen molar-refractivity contribution in [1.29, 1.82) is 0 Å². The van der Waals surface area contributed by atoms with Crippen LogP contribution in [0.15, 0.2) is 23.6 Å². The van der Waals surface area contributed by atoms with Crippen molar-refractivity contribution in [3.63, 3.8) is 0 Å². The lowest BCUT2D eigenvalue weighted by Crippen LogP contribution is -2.09. The molecule has 3 nitrogen and oxygen atoms in total. The third-order valence-corrected chi connectivity index (χ3v) is 3.00. The lowest BCUT2D eigenvalue weighted by Gasteiger charge is -1.97. The number of hydrogen-bond acceptors (Lipinski definition) is 3. The smallest absolute Gasteiger partial charge is 0.103 e. The van der Waals surface area contributed by atoms with E-state index >= 15 is 0 Å². The van der Waals surface area contributed by atoms with Crippen LogP contribution in [0.4, 0.5) is 0 Å². The van der Waals surface area contributed by atoms with Crippen LogP contribution in [0.3, 0.4) is 0 Å². The number of rotatable bonds is 3. The third-order valence-electron chi connectivity index (χ3n) is 2.11. The van der Waals surface area contributed by atoms with Gasteiger partial charge in [-0.3, -0.25) is 4.68 Å². The van der Waals surface area contributed by atoms with Crippen molar-refractivity contribution in [2.24, 2.45) is 7.05 Å². The first kappa shape index (κ1) is 9.43. The molecule has 4 heteroatoms. The summed E-state index contributed by atoms with van der Waals surface area (Å²) < 4.78 is 1.92. The SMILES string of the molecule is CNCc1cc(-c2cccs2)nn1C. The Morgan fingerprint density at radius 1 is 1.57 bits per heavy atom. The Labute approximate surface area is 87.4 Å². The van der Waals surface area contributed by atoms with Gasteiger partial charge in [-0.25, -0.2) is 0 Å². The zero-order chi connectivity index (χ0) is 9.97. The second-order valence-corrected chi connectivity index (χ2v) is 4.10. The van der Waals surface area contributed by atoms with E-state index in [4.69, 9.17) is 0 Å². The van der Waals surface area contributed by atoms with E-state index in [1.165, 1.54) is 10.6 Å². The summed E-state index contributed by atoms with van der Waals surface area (Å²) in [5, 5.41) is 9.66. The van der Waals surface area contributed by atoms with E-state index in [0.29, 0.717) is 0 Å². The average molecular weight is 207 g/mol. The molecule has 0 aromatic carbocycles. The summed E-state index contributed by atoms with van der Waals surface area (Å²) >= 11 is 1.72. The maximum atomic E-state index is 4.46. The van der Waals surface area contributed by atoms with E-state index in [0.717, 1.165) is 12.2 Å². The van der Waals surface area contributed by atoms with Crippen molar-refractivity contribution < 1.29 is 0 Å². The maximum absolute atomic E-state index is 4.46. The summed E-state index contributed by atoms with van der Waals surface area (Å²) in [5.74, 6) is 0. The third kappa shape index (κ3) is 1.71. The van der Waals surface area contributed by atoms with Gasteiger partial charge in [0.15, 0.2) is 0 Å². The van der Waals surface area contributed by atoms with Crippen LogP contribution in [-0.2, 0) is 13.6 Å². The predicted octanol–water partition coefficient (Wildman–Crippen LogP) is 1.87. The van der Waals surface area contributed by atoms with Gasteiger partial charge in [0.05, 0.1) is 10.6 Å². The van der Waals surface area contributed by atoms with E-state index < -0.39 is 0 Å². The normalized spacial score (nSPS) is 10.7. The molecule has 0 aliphatic carbocycles. The summed E-state index contributed by atoms with van der Waals surface area (Å²) in [7, 11) is 3.92. The van der Waals surface area contributed by atoms with Gasteiger partial charge in [-0.1, -0.05) is 6.07 Å². The van der Waals surface area contributed by atoms with E-state index in [1.807, 2.05) is 24.8 Å². The molecule has 0 bridgehead atoms. The quantitative estimate of drug-likeness (QED) is 0.832. The number of thiophene rings is 1. The number of nitrogens with one attached hydrogen (secondary N) is 1. The highest BCUT2D eigenvalue weighted by Crippen LogP contribution is 2.23. The second kappa shape index (κ2) is 3.94. The Bertz CT molecular complexity index is 403. The van der Waals surface area contributed by atoms with Crippen LogP contribution < -0.4 is 5.32 Å². The first-order valence-electron chi connectivity index (χ1n) is 4.52. The highest BCUT2D eigenvalue weighted by Gasteiger charge is 2.06. The van der Waals surface area contributed by atoms with Crippen LogP contribution in [0.2, 0.25) is 0 Å². The topological polar surface area (TPSA) is 29.9 Å². The van der Waals surface area contributed by atoms with Crippen molar-refractivity contribution in [2.45, 2.75) is 6.54 Å². The molecule has 0 saturated carbocycles. The largest absolute Gasteiger partial charge is 0.314 e. The minimum absolute atomic E-state index is 0.856. The molecule has 74 valence electrons. The molecule has 0 amide bonds. The number of aromatic nitrogens is 2. The molecule has 0 spiro atoms. The molecular weight excluding hydrogens is 194 g/mol. The molecule has 2 rings (SSSR count). The second-order valence-electron chi connectivity index (χ2n) is 3.15. The van der Waals surface area contributed by atoms with Gasteiger partial charge in [0.2, 0.25) is 0 Å². The predicted molar refractivity (Wildman–Crippen MR) is 59.3 cm³/mol. The molecule has 0 radical (unpaired) electrons. The number of nitrogens with zero attached hydrogens (tertiary/aromatic N) is 2. The summed E-state index contributed by atoms with van der Waals surface area (Å²) in [6.07, 6.45) is 0. The standard InChI is InChI=1S/C10H13N3S/c1-11-7-8-6-9(12-13(8)2)10-4-3-5-14-10/h3-6,11H,7H2,1-2H3. The molecule has 0 aliphatic heterocycles. The molecule has 2 heterocycles. The molecule has 0 saturated heterocycles. The summed E-state index contributed by atoms with van der Waals surface area (Å²) in [6, 6.07) is 6.27. The Morgan fingerprint density at radius 2 is 2.43 bits per heavy atom. The van der Waals surface area contributed by atoms with Crippen LogP contribution in [-0.4, -0.2) is 16.8 Å². The fourth-order valence-electron chi connectivity index (χ4n) is 1.40. The van der Waals surface area contributed by atoms with Gasteiger partial charge in [-0.05, 0) is 24.6 Å². The molecule has 1 N–H and O–H groups in total. The van der Waals surface area contributed by atoms with Crippen molar-refractivity contribution in [3.05, 3.63) is 29.3 Å². The zero-order valence-electron chi connectivity index (χ0n) is 8.32. The molecule has 0 atom stereocenters. The molecule has 2 aromatic heterocycles. The van der Waals surface area contributed by atoms with E-state index in [9.17, 15) is 0 Å². The summed E-state index contributed by atoms with van der Waals surface area (Å²) in [5.41, 5.74) is 2.27. The van der Waals surface area contributed by atoms with Crippen LogP contribution in [0.25, 0.3) is 10.6 Å². The van der Waals surface area contributed by atoms with Crippen LogP contribution in [0.5, 0.6) is 0 Å². The number of aryl methyl sites for hydroxylation is 1. The van der Waals surface area contributed by atoms with Crippen molar-refractivity contribution in [3.8, 4) is 10.6 Å². The fourth-order valence-corrected chi connectivity index (χ4v) is 2.08. The van der Waals surface area contributed by atoms with E-state index in [-0.39, 0.29) is 0 Å². The molecule has 0 aliphatic rings. The van der Waals surface area contributed by atoms with E-state index in [1.54, 1.807) is 11.3 Å². The first-order valence-corrected chi connectivity index (χ1v) is 5.40. The number of hydrogen-bond donors (Lipinski definition) is 1. The van der Waals surface area contributed by atoms with Gasteiger partial charge in [0.25, 0.3) is 0 Å². The Balaban J connectivity index is 2.33. The minimum atomic E-state index is 0.856. The summed E-state index contributed by atoms with van der Waals surface area (Å²) in [6.45, 7) is 0.856. The Morgan fingerprint density at radius 3 is 3.07 bits per heavy atom. The molecular formula is C10H13N3S. The zero-order valence-corrected chi connectivity index (χ0v) is 9.14. The van der Waals surface area contributed by atoms with Crippen LogP contribution >= 0.6 is 11.3 Å². The summed E-state index contributed by atoms with van der Waals surface area (Å²) in [4.78, 5) is 1.22. The van der Waals surface area contributed by atoms with Crippen LogP contribution in [0, 0.1) is 0 Å². The van der Waals surface area contributed by atoms with Crippen molar-refractivity contribution in [2.75, 3.05) is 7.05 Å². The lowest BCUT2D eigenvalue weighted by atomic mass is 10.3. The molecule has 0 fully saturated rings. The Hall–Kier alpha value is -1.13. The van der Waals surface area contributed by atoms with Gasteiger partial charge in [-0.15, -0.1) is 11.3 Å². The first-order chi connectivity index (χ1) is 6.81. The molecule has 2 aromatic rings. The lowest BCUT2D eigenvalue weighted by molar-refractivity contribution is 0.673. The molecule has 0 unspecified atom stereocenters. The van der Waals surface area contributed by atoms with Gasteiger partial charge in [-0.2, -0.15) is 5.10 Å². The van der Waals surface area contributed by atoms with Crippen molar-refractivity contribution >= 4 is 11.3 Å².